The first kappa shape index (κ1) is 12.3. The zero-order valence-electron chi connectivity index (χ0n) is 10.2. The van der Waals surface area contributed by atoms with E-state index in [4.69, 9.17) is 0 Å². The van der Waals surface area contributed by atoms with Gasteiger partial charge in [0, 0.05) is 0 Å². The first-order chi connectivity index (χ1) is 9.45. The van der Waals surface area contributed by atoms with Crippen molar-refractivity contribution in [2.75, 3.05) is 0 Å². The van der Waals surface area contributed by atoms with Crippen LogP contribution >= 0.6 is 0 Å². The Morgan fingerprint density at radius 3 is 1.16 bits per heavy atom. The summed E-state index contributed by atoms with van der Waals surface area (Å²) in [6, 6.07) is 18.2. The summed E-state index contributed by atoms with van der Waals surface area (Å²) in [5, 5.41) is 0. The molecule has 0 bridgehead atoms. The topological polar surface area (TPSA) is 38.7 Å². The molecule has 92 valence electrons. The molecule has 0 aliphatic rings. The Morgan fingerprint density at radius 1 is 0.526 bits per heavy atom. The van der Waals surface area contributed by atoms with Crippen molar-refractivity contribution in [3.63, 3.8) is 0 Å². The van der Waals surface area contributed by atoms with E-state index in [1.165, 1.54) is 0 Å². The van der Waals surface area contributed by atoms with Crippen molar-refractivity contribution < 1.29 is 0 Å². The fourth-order valence-electron chi connectivity index (χ4n) is 1.81. The Morgan fingerprint density at radius 2 is 0.895 bits per heavy atom. The standard InChI is InChI=1S/3C5H4N.Sb/c3*1-2-4-6-5-3-1;/h3*1-4H;. The third-order valence-electron chi connectivity index (χ3n) is 2.64. The van der Waals surface area contributed by atoms with Crippen molar-refractivity contribution >= 4 is 31.1 Å². The van der Waals surface area contributed by atoms with Gasteiger partial charge >= 0.3 is 119 Å². The van der Waals surface area contributed by atoms with Gasteiger partial charge in [0.05, 0.1) is 0 Å². The maximum absolute atomic E-state index is 4.53. The molecule has 0 spiro atoms. The van der Waals surface area contributed by atoms with E-state index in [0.29, 0.717) is 0 Å². The van der Waals surface area contributed by atoms with Gasteiger partial charge in [-0.15, -0.1) is 0 Å². The van der Waals surface area contributed by atoms with Crippen molar-refractivity contribution in [2.45, 2.75) is 0 Å². The van der Waals surface area contributed by atoms with Crippen molar-refractivity contribution in [1.29, 1.82) is 0 Å². The fourth-order valence-corrected chi connectivity index (χ4v) is 7.39. The third kappa shape index (κ3) is 2.82. The Balaban J connectivity index is 2.12. The third-order valence-corrected chi connectivity index (χ3v) is 8.82. The second-order valence-electron chi connectivity index (χ2n) is 3.90. The van der Waals surface area contributed by atoms with Gasteiger partial charge in [-0.2, -0.15) is 0 Å². The van der Waals surface area contributed by atoms with Gasteiger partial charge in [-0.25, -0.2) is 0 Å². The average Bonchev–Trinajstić information content (AvgIpc) is 2.51. The summed E-state index contributed by atoms with van der Waals surface area (Å²) in [5.74, 6) is 0. The summed E-state index contributed by atoms with van der Waals surface area (Å²) in [6.07, 6.45) is 5.54. The molecule has 3 aromatic heterocycles. The van der Waals surface area contributed by atoms with Crippen molar-refractivity contribution in [3.05, 3.63) is 73.2 Å². The number of rotatable bonds is 3. The SMILES string of the molecule is c1cc[c]([Sb]([c]2ccccn2)[c]2ccccn2)nc1. The van der Waals surface area contributed by atoms with Gasteiger partial charge in [-0.3, -0.25) is 0 Å². The molecule has 3 rings (SSSR count). The predicted molar refractivity (Wildman–Crippen MR) is 77.4 cm³/mol. The molecule has 3 nitrogen and oxygen atoms in total. The molecular formula is C15H12N3Sb. The molecule has 3 heterocycles. The van der Waals surface area contributed by atoms with Crippen LogP contribution in [0.3, 0.4) is 0 Å². The summed E-state index contributed by atoms with van der Waals surface area (Å²) in [7, 11) is 0. The van der Waals surface area contributed by atoms with E-state index in [0.717, 1.165) is 10.9 Å². The summed E-state index contributed by atoms with van der Waals surface area (Å²) >= 11 is -2.16. The van der Waals surface area contributed by atoms with Gasteiger partial charge in [0.2, 0.25) is 0 Å². The van der Waals surface area contributed by atoms with Crippen molar-refractivity contribution in [1.82, 2.24) is 15.0 Å². The van der Waals surface area contributed by atoms with E-state index in [-0.39, 0.29) is 0 Å². The van der Waals surface area contributed by atoms with Crippen LogP contribution in [-0.4, -0.2) is 35.2 Å². The molecule has 0 N–H and O–H groups in total. The number of nitrogens with zero attached hydrogens (tertiary/aromatic N) is 3. The summed E-state index contributed by atoms with van der Waals surface area (Å²) in [6.45, 7) is 0. The second kappa shape index (κ2) is 5.94. The van der Waals surface area contributed by atoms with Crippen LogP contribution in [0.5, 0.6) is 0 Å². The predicted octanol–water partition coefficient (Wildman–Crippen LogP) is 0.388. The minimum atomic E-state index is -2.16. The van der Waals surface area contributed by atoms with Crippen LogP contribution in [0.2, 0.25) is 0 Å². The van der Waals surface area contributed by atoms with Gasteiger partial charge in [-0.05, 0) is 0 Å². The van der Waals surface area contributed by atoms with Crippen molar-refractivity contribution in [3.8, 4) is 0 Å². The van der Waals surface area contributed by atoms with Gasteiger partial charge in [0.25, 0.3) is 0 Å². The van der Waals surface area contributed by atoms with Crippen LogP contribution in [0.1, 0.15) is 0 Å². The van der Waals surface area contributed by atoms with Crippen LogP contribution in [0.4, 0.5) is 0 Å². The van der Waals surface area contributed by atoms with E-state index in [1.54, 1.807) is 0 Å². The summed E-state index contributed by atoms with van der Waals surface area (Å²) in [4.78, 5) is 13.6. The van der Waals surface area contributed by atoms with Crippen LogP contribution in [0.25, 0.3) is 0 Å². The monoisotopic (exact) mass is 355 g/mol. The van der Waals surface area contributed by atoms with Crippen LogP contribution in [-0.2, 0) is 0 Å². The van der Waals surface area contributed by atoms with Crippen LogP contribution in [0.15, 0.2) is 73.2 Å². The molecule has 0 amide bonds. The molecule has 0 saturated heterocycles. The number of aromatic nitrogens is 3. The van der Waals surface area contributed by atoms with Gasteiger partial charge in [0.15, 0.2) is 0 Å². The molecule has 0 saturated carbocycles. The molecule has 0 aromatic carbocycles. The number of pyridine rings is 3. The van der Waals surface area contributed by atoms with E-state index in [9.17, 15) is 0 Å². The first-order valence-electron chi connectivity index (χ1n) is 5.98. The van der Waals surface area contributed by atoms with E-state index >= 15 is 0 Å². The molecule has 0 radical (unpaired) electrons. The summed E-state index contributed by atoms with van der Waals surface area (Å²) < 4.78 is 3.42. The van der Waals surface area contributed by atoms with Gasteiger partial charge < -0.3 is 0 Å². The zero-order chi connectivity index (χ0) is 12.9. The molecule has 3 aromatic rings. The Bertz CT molecular complexity index is 535. The second-order valence-corrected chi connectivity index (χ2v) is 9.74. The molecule has 19 heavy (non-hydrogen) atoms. The van der Waals surface area contributed by atoms with Crippen LogP contribution < -0.4 is 10.9 Å². The molecular weight excluding hydrogens is 344 g/mol. The molecule has 4 heteroatoms. The molecule has 0 aliphatic heterocycles. The normalized spacial score (nSPS) is 10.6. The van der Waals surface area contributed by atoms with E-state index < -0.39 is 20.2 Å². The quantitative estimate of drug-likeness (QED) is 0.638. The first-order valence-corrected chi connectivity index (χ1v) is 9.81. The number of hydrogen-bond acceptors (Lipinski definition) is 3. The van der Waals surface area contributed by atoms with Gasteiger partial charge in [0.1, 0.15) is 0 Å². The Hall–Kier alpha value is -1.73. The Kier molecular flexibility index (Phi) is 3.85. The molecule has 0 aliphatic carbocycles. The van der Waals surface area contributed by atoms with Crippen LogP contribution in [0, 0.1) is 0 Å². The van der Waals surface area contributed by atoms with E-state index in [1.807, 2.05) is 55.0 Å². The Labute approximate surface area is 119 Å². The minimum absolute atomic E-state index is 1.14. The molecule has 0 fully saturated rings. The fraction of sp³-hybridized carbons (Fsp3) is 0. The van der Waals surface area contributed by atoms with Crippen molar-refractivity contribution in [2.24, 2.45) is 0 Å². The molecule has 0 unspecified atom stereocenters. The summed E-state index contributed by atoms with van der Waals surface area (Å²) in [5.41, 5.74) is 0. The maximum atomic E-state index is 4.53. The zero-order valence-corrected chi connectivity index (χ0v) is 12.8. The molecule has 0 atom stereocenters. The van der Waals surface area contributed by atoms with E-state index in [2.05, 4.69) is 33.2 Å². The number of hydrogen-bond donors (Lipinski definition) is 0. The average molecular weight is 356 g/mol. The van der Waals surface area contributed by atoms with Gasteiger partial charge in [-0.1, -0.05) is 0 Å².